The van der Waals surface area contributed by atoms with Gasteiger partial charge in [0.1, 0.15) is 11.1 Å². The lowest BCUT2D eigenvalue weighted by Gasteiger charge is -2.25. The predicted molar refractivity (Wildman–Crippen MR) is 87.6 cm³/mol. The maximum absolute atomic E-state index is 12.3. The van der Waals surface area contributed by atoms with Crippen LogP contribution in [0.2, 0.25) is 0 Å². The Morgan fingerprint density at radius 2 is 2.18 bits per heavy atom. The highest BCUT2D eigenvalue weighted by Crippen LogP contribution is 2.43. The number of carbonyl (C=O) groups excluding carboxylic acids is 1. The van der Waals surface area contributed by atoms with Crippen LogP contribution in [0.4, 0.5) is 0 Å². The fourth-order valence-corrected chi connectivity index (χ4v) is 3.76. The molecule has 1 aromatic carbocycles. The van der Waals surface area contributed by atoms with Gasteiger partial charge < -0.3 is 9.64 Å². The van der Waals surface area contributed by atoms with Crippen molar-refractivity contribution in [2.45, 2.75) is 18.8 Å². The lowest BCUT2D eigenvalue weighted by molar-refractivity contribution is -0.128. The molecule has 2 aromatic rings. The molecule has 1 saturated heterocycles. The highest BCUT2D eigenvalue weighted by Gasteiger charge is 2.34. The molecule has 0 saturated carbocycles. The van der Waals surface area contributed by atoms with Crippen LogP contribution in [0.3, 0.4) is 0 Å². The van der Waals surface area contributed by atoms with Crippen molar-refractivity contribution in [3.05, 3.63) is 59.9 Å². The van der Waals surface area contributed by atoms with Crippen molar-refractivity contribution in [3.63, 3.8) is 0 Å². The van der Waals surface area contributed by atoms with Gasteiger partial charge in [-0.3, -0.25) is 9.78 Å². The van der Waals surface area contributed by atoms with Crippen LogP contribution in [-0.2, 0) is 11.3 Å². The summed E-state index contributed by atoms with van der Waals surface area (Å²) in [7, 11) is 0. The van der Waals surface area contributed by atoms with Crippen molar-refractivity contribution in [2.24, 2.45) is 0 Å². The summed E-state index contributed by atoms with van der Waals surface area (Å²) in [6.45, 7) is 3.16. The van der Waals surface area contributed by atoms with E-state index in [4.69, 9.17) is 4.74 Å². The van der Waals surface area contributed by atoms with Gasteiger partial charge in [-0.05, 0) is 24.6 Å². The van der Waals surface area contributed by atoms with Crippen molar-refractivity contribution in [1.29, 1.82) is 0 Å². The normalized spacial score (nSPS) is 17.8. The van der Waals surface area contributed by atoms with E-state index in [0.717, 1.165) is 16.9 Å². The van der Waals surface area contributed by atoms with Gasteiger partial charge in [-0.2, -0.15) is 0 Å². The molecule has 1 amide bonds. The topological polar surface area (TPSA) is 42.4 Å². The minimum absolute atomic E-state index is 0.00421. The number of carbonyl (C=O) groups is 1. The summed E-state index contributed by atoms with van der Waals surface area (Å²) in [5, 5.41) is -0.00421. The van der Waals surface area contributed by atoms with Crippen LogP contribution in [-0.4, -0.2) is 28.2 Å². The van der Waals surface area contributed by atoms with Gasteiger partial charge in [0, 0.05) is 24.5 Å². The summed E-state index contributed by atoms with van der Waals surface area (Å²) in [5.41, 5.74) is 2.10. The molecule has 2 heterocycles. The second-order valence-corrected chi connectivity index (χ2v) is 6.09. The first kappa shape index (κ1) is 14.9. The van der Waals surface area contributed by atoms with E-state index in [2.05, 4.69) is 4.98 Å². The average molecular weight is 314 g/mol. The molecule has 4 nitrogen and oxygen atoms in total. The maximum Gasteiger partial charge on any atom is 0.234 e. The molecule has 0 spiro atoms. The quantitative estimate of drug-likeness (QED) is 0.849. The first-order valence-electron chi connectivity index (χ1n) is 7.31. The minimum atomic E-state index is -0.00421. The van der Waals surface area contributed by atoms with Crippen molar-refractivity contribution in [2.75, 3.05) is 12.4 Å². The van der Waals surface area contributed by atoms with Gasteiger partial charge in [0.15, 0.2) is 0 Å². The van der Waals surface area contributed by atoms with Crippen molar-refractivity contribution in [1.82, 2.24) is 9.88 Å². The molecule has 3 rings (SSSR count). The number of thioether (sulfide) groups is 1. The first-order valence-corrected chi connectivity index (χ1v) is 8.36. The largest absolute Gasteiger partial charge is 0.493 e. The third-order valence-corrected chi connectivity index (χ3v) is 4.77. The molecule has 114 valence electrons. The molecule has 0 bridgehead atoms. The standard InChI is InChI=1S/C17H18N2O2S/c1-2-21-15-8-4-3-7-14(15)17-19(16(20)12-22-17)11-13-6-5-9-18-10-13/h3-10,17H,2,11-12H2,1H3. The summed E-state index contributed by atoms with van der Waals surface area (Å²) < 4.78 is 5.72. The number of aromatic nitrogens is 1. The number of hydrogen-bond acceptors (Lipinski definition) is 4. The summed E-state index contributed by atoms with van der Waals surface area (Å²) in [6, 6.07) is 11.8. The zero-order chi connectivity index (χ0) is 15.4. The molecular weight excluding hydrogens is 296 g/mol. The Labute approximate surface area is 134 Å². The minimum Gasteiger partial charge on any atom is -0.493 e. The van der Waals surface area contributed by atoms with E-state index in [9.17, 15) is 4.79 Å². The third-order valence-electron chi connectivity index (χ3n) is 3.53. The van der Waals surface area contributed by atoms with Gasteiger partial charge >= 0.3 is 0 Å². The lowest BCUT2D eigenvalue weighted by Crippen LogP contribution is -2.28. The van der Waals surface area contributed by atoms with E-state index in [1.54, 1.807) is 18.0 Å². The number of rotatable bonds is 5. The van der Waals surface area contributed by atoms with Gasteiger partial charge in [0.05, 0.1) is 12.4 Å². The summed E-state index contributed by atoms with van der Waals surface area (Å²) >= 11 is 1.65. The Bertz CT molecular complexity index is 648. The molecule has 1 fully saturated rings. The molecule has 0 N–H and O–H groups in total. The highest BCUT2D eigenvalue weighted by molar-refractivity contribution is 8.00. The molecule has 1 unspecified atom stereocenters. The molecule has 0 radical (unpaired) electrons. The van der Waals surface area contributed by atoms with Crippen molar-refractivity contribution in [3.8, 4) is 5.75 Å². The van der Waals surface area contributed by atoms with Crippen LogP contribution < -0.4 is 4.74 Å². The van der Waals surface area contributed by atoms with Gasteiger partial charge in [-0.25, -0.2) is 0 Å². The van der Waals surface area contributed by atoms with E-state index in [0.29, 0.717) is 18.9 Å². The molecular formula is C17H18N2O2S. The molecule has 1 aromatic heterocycles. The van der Waals surface area contributed by atoms with Crippen LogP contribution >= 0.6 is 11.8 Å². The fraction of sp³-hybridized carbons (Fsp3) is 0.294. The molecule has 22 heavy (non-hydrogen) atoms. The van der Waals surface area contributed by atoms with Crippen LogP contribution in [0, 0.1) is 0 Å². The number of ether oxygens (including phenoxy) is 1. The SMILES string of the molecule is CCOc1ccccc1C1SCC(=O)N1Cc1cccnc1. The van der Waals surface area contributed by atoms with Crippen molar-refractivity contribution < 1.29 is 9.53 Å². The predicted octanol–water partition coefficient (Wildman–Crippen LogP) is 3.25. The number of para-hydroxylation sites is 1. The van der Waals surface area contributed by atoms with Crippen LogP contribution in [0.15, 0.2) is 48.8 Å². The molecule has 1 aliphatic heterocycles. The maximum atomic E-state index is 12.3. The lowest BCUT2D eigenvalue weighted by atomic mass is 10.1. The molecule has 5 heteroatoms. The number of benzene rings is 1. The highest BCUT2D eigenvalue weighted by atomic mass is 32.2. The van der Waals surface area contributed by atoms with Crippen LogP contribution in [0.1, 0.15) is 23.4 Å². The first-order chi connectivity index (χ1) is 10.8. The zero-order valence-corrected chi connectivity index (χ0v) is 13.3. The monoisotopic (exact) mass is 314 g/mol. The van der Waals surface area contributed by atoms with Gasteiger partial charge in [0.2, 0.25) is 5.91 Å². The zero-order valence-electron chi connectivity index (χ0n) is 12.4. The summed E-state index contributed by atoms with van der Waals surface area (Å²) in [6.07, 6.45) is 3.55. The average Bonchev–Trinajstić information content (AvgIpc) is 2.90. The Hall–Kier alpha value is -2.01. The summed E-state index contributed by atoms with van der Waals surface area (Å²) in [4.78, 5) is 18.3. The van der Waals surface area contributed by atoms with Gasteiger partial charge in [-0.15, -0.1) is 11.8 Å². The Balaban J connectivity index is 1.87. The summed E-state index contributed by atoms with van der Waals surface area (Å²) in [5.74, 6) is 1.52. The van der Waals surface area contributed by atoms with Gasteiger partial charge in [0.25, 0.3) is 0 Å². The number of pyridine rings is 1. The van der Waals surface area contributed by atoms with E-state index in [-0.39, 0.29) is 11.3 Å². The molecule has 0 aliphatic carbocycles. The Morgan fingerprint density at radius 3 is 2.95 bits per heavy atom. The second-order valence-electron chi connectivity index (χ2n) is 5.02. The van der Waals surface area contributed by atoms with Gasteiger partial charge in [-0.1, -0.05) is 24.3 Å². The fourth-order valence-electron chi connectivity index (χ4n) is 2.54. The van der Waals surface area contributed by atoms with E-state index in [1.165, 1.54) is 0 Å². The number of hydrogen-bond donors (Lipinski definition) is 0. The van der Waals surface area contributed by atoms with E-state index < -0.39 is 0 Å². The van der Waals surface area contributed by atoms with E-state index in [1.807, 2.05) is 54.4 Å². The molecule has 1 atom stereocenters. The smallest absolute Gasteiger partial charge is 0.234 e. The number of amides is 1. The van der Waals surface area contributed by atoms with E-state index >= 15 is 0 Å². The Kier molecular flexibility index (Phi) is 4.63. The Morgan fingerprint density at radius 1 is 1.32 bits per heavy atom. The van der Waals surface area contributed by atoms with Crippen LogP contribution in [0.25, 0.3) is 0 Å². The molecule has 1 aliphatic rings. The third kappa shape index (κ3) is 3.09. The van der Waals surface area contributed by atoms with Crippen LogP contribution in [0.5, 0.6) is 5.75 Å². The van der Waals surface area contributed by atoms with Crippen molar-refractivity contribution >= 4 is 17.7 Å². The second kappa shape index (κ2) is 6.83. The number of nitrogens with zero attached hydrogens (tertiary/aromatic N) is 2.